The van der Waals surface area contributed by atoms with E-state index < -0.39 is 36.9 Å². The molecule has 0 radical (unpaired) electrons. The van der Waals surface area contributed by atoms with Gasteiger partial charge in [0.2, 0.25) is 5.96 Å². The van der Waals surface area contributed by atoms with Crippen molar-refractivity contribution in [3.05, 3.63) is 11.8 Å². The van der Waals surface area contributed by atoms with Gasteiger partial charge in [-0.2, -0.15) is 4.99 Å². The molecular weight excluding hydrogens is 395 g/mol. The highest BCUT2D eigenvalue weighted by molar-refractivity contribution is 6.71. The van der Waals surface area contributed by atoms with Crippen molar-refractivity contribution in [2.45, 2.75) is 24.4 Å². The highest BCUT2D eigenvalue weighted by atomic mass is 127. The van der Waals surface area contributed by atoms with E-state index in [2.05, 4.69) is 15.0 Å². The summed E-state index contributed by atoms with van der Waals surface area (Å²) in [5, 5.41) is 28.8. The summed E-state index contributed by atoms with van der Waals surface area (Å²) < 4.78 is 5.39. The Balaban J connectivity index is 0.00000161. The molecule has 1 amide bonds. The van der Waals surface area contributed by atoms with Crippen LogP contribution in [0.2, 0.25) is 0 Å². The third kappa shape index (κ3) is 2.53. The molecule has 10 heteroatoms. The molecule has 1 saturated heterocycles. The largest absolute Gasteiger partial charge is 1.00 e. The normalized spacial score (nSPS) is 34.5. The summed E-state index contributed by atoms with van der Waals surface area (Å²) >= 11 is 0. The molecule has 0 bridgehead atoms. The minimum atomic E-state index is -1.24. The van der Waals surface area contributed by atoms with Gasteiger partial charge in [0.05, 0.1) is 12.2 Å². The first-order valence-corrected chi connectivity index (χ1v) is 5.97. The lowest BCUT2D eigenvalue weighted by molar-refractivity contribution is -0.368. The average molecular weight is 408 g/mol. The molecule has 3 rings (SSSR count). The van der Waals surface area contributed by atoms with Crippen LogP contribution in [0.15, 0.2) is 21.8 Å². The van der Waals surface area contributed by atoms with Crippen LogP contribution in [0, 0.1) is 0 Å². The number of nitrogens with one attached hydrogen (secondary N) is 1. The number of aliphatic hydroxyl groups is 3. The molecule has 0 aromatic rings. The van der Waals surface area contributed by atoms with Crippen molar-refractivity contribution >= 4 is 23.3 Å². The Morgan fingerprint density at radius 1 is 1.33 bits per heavy atom. The van der Waals surface area contributed by atoms with E-state index in [1.807, 2.05) is 0 Å². The number of hydrogen-bond acceptors (Lipinski definition) is 7. The molecular formula is C11H13IN4O5. The molecule has 4 atom stereocenters. The molecule has 0 aliphatic carbocycles. The number of aliphatic imine (C=N–C) groups is 2. The van der Waals surface area contributed by atoms with Gasteiger partial charge in [-0.25, -0.2) is 9.98 Å². The molecule has 21 heavy (non-hydrogen) atoms. The summed E-state index contributed by atoms with van der Waals surface area (Å²) in [6, 6.07) is 0. The molecule has 0 aromatic heterocycles. The Kier molecular flexibility index (Phi) is 4.53. The second kappa shape index (κ2) is 5.88. The first kappa shape index (κ1) is 16.2. The average Bonchev–Trinajstić information content (AvgIpc) is 2.93. The first-order chi connectivity index (χ1) is 9.52. The molecule has 0 aromatic carbocycles. The molecule has 3 heterocycles. The van der Waals surface area contributed by atoms with E-state index >= 15 is 0 Å². The quantitative estimate of drug-likeness (QED) is 0.287. The van der Waals surface area contributed by atoms with Crippen molar-refractivity contribution in [2.75, 3.05) is 6.61 Å². The van der Waals surface area contributed by atoms with Gasteiger partial charge in [-0.05, 0) is 0 Å². The second-order valence-electron chi connectivity index (χ2n) is 4.61. The predicted octanol–water partition coefficient (Wildman–Crippen LogP) is -7.81. The summed E-state index contributed by atoms with van der Waals surface area (Å²) in [4.78, 5) is 21.8. The SMILES string of the molecule is NC1=NC(=O)C2=[NH+]C=C([C@@H]3O[C@H](CO)[C@@H](O)[C@H]3O)C2=N1.[I-]. The van der Waals surface area contributed by atoms with Gasteiger partial charge in [-0.1, -0.05) is 0 Å². The standard InChI is InChI=1S/C11H12N4O5.HI/c12-11-14-5-3(1-13-6(5)10(19)15-11)9-8(18)7(17)4(2-16)20-9;/h1,4,7-9,16-18H,2H2,(H2,12,15,19);1H/t4-,7-,8-,9+;/m1./s1. The summed E-state index contributed by atoms with van der Waals surface area (Å²) in [6.45, 7) is -0.430. The number of hydrogen-bond donors (Lipinski definition) is 5. The Labute approximate surface area is 136 Å². The summed E-state index contributed by atoms with van der Waals surface area (Å²) in [5.41, 5.74) is 6.20. The molecule has 114 valence electrons. The molecule has 3 aliphatic rings. The van der Waals surface area contributed by atoms with Gasteiger partial charge in [0.15, 0.2) is 11.9 Å². The van der Waals surface area contributed by atoms with Gasteiger partial charge < -0.3 is 49.8 Å². The van der Waals surface area contributed by atoms with Gasteiger partial charge in [0, 0.05) is 0 Å². The van der Waals surface area contributed by atoms with E-state index in [1.54, 1.807) is 0 Å². The van der Waals surface area contributed by atoms with Crippen LogP contribution in [0.25, 0.3) is 0 Å². The van der Waals surface area contributed by atoms with Crippen LogP contribution in [-0.2, 0) is 9.53 Å². The van der Waals surface area contributed by atoms with Crippen LogP contribution in [0.1, 0.15) is 0 Å². The number of carbonyl (C=O) groups excluding carboxylic acids is 1. The Morgan fingerprint density at radius 2 is 2.05 bits per heavy atom. The zero-order valence-electron chi connectivity index (χ0n) is 10.6. The van der Waals surface area contributed by atoms with Crippen molar-refractivity contribution in [2.24, 2.45) is 15.7 Å². The Morgan fingerprint density at radius 3 is 2.67 bits per heavy atom. The molecule has 0 unspecified atom stereocenters. The third-order valence-corrected chi connectivity index (χ3v) is 3.39. The maximum absolute atomic E-state index is 11.6. The molecule has 0 spiro atoms. The van der Waals surface area contributed by atoms with Crippen LogP contribution in [0.3, 0.4) is 0 Å². The van der Waals surface area contributed by atoms with Crippen LogP contribution in [0.4, 0.5) is 0 Å². The van der Waals surface area contributed by atoms with E-state index in [-0.39, 0.29) is 41.4 Å². The Hall–Kier alpha value is -1.21. The second-order valence-corrected chi connectivity index (χ2v) is 4.61. The predicted molar refractivity (Wildman–Crippen MR) is 65.9 cm³/mol. The molecule has 6 N–H and O–H groups in total. The fourth-order valence-corrected chi connectivity index (χ4v) is 2.39. The zero-order valence-corrected chi connectivity index (χ0v) is 12.8. The van der Waals surface area contributed by atoms with Crippen molar-refractivity contribution < 1.29 is 53.8 Å². The minimum Gasteiger partial charge on any atom is -1.00 e. The summed E-state index contributed by atoms with van der Waals surface area (Å²) in [5.74, 6) is -0.749. The summed E-state index contributed by atoms with van der Waals surface area (Å²) in [6.07, 6.45) is -2.82. The molecule has 3 aliphatic heterocycles. The van der Waals surface area contributed by atoms with Crippen LogP contribution in [0.5, 0.6) is 0 Å². The van der Waals surface area contributed by atoms with Crippen molar-refractivity contribution in [1.82, 2.24) is 0 Å². The zero-order chi connectivity index (χ0) is 14.4. The number of carbonyl (C=O) groups is 1. The van der Waals surface area contributed by atoms with Crippen molar-refractivity contribution in [3.63, 3.8) is 0 Å². The van der Waals surface area contributed by atoms with E-state index in [0.717, 1.165) is 0 Å². The third-order valence-electron chi connectivity index (χ3n) is 3.39. The number of nitrogens with zero attached hydrogens (tertiary/aromatic N) is 2. The van der Waals surface area contributed by atoms with Gasteiger partial charge in [-0.3, -0.25) is 4.79 Å². The van der Waals surface area contributed by atoms with E-state index in [0.29, 0.717) is 5.57 Å². The van der Waals surface area contributed by atoms with Crippen LogP contribution >= 0.6 is 0 Å². The maximum Gasteiger partial charge on any atom is 0.347 e. The lowest BCUT2D eigenvalue weighted by Gasteiger charge is -2.15. The number of fused-ring (bicyclic) bond motifs is 1. The maximum atomic E-state index is 11.6. The molecule has 1 fully saturated rings. The number of nitrogens with two attached hydrogens (primary N) is 1. The minimum absolute atomic E-state index is 0. The van der Waals surface area contributed by atoms with Crippen LogP contribution < -0.4 is 34.7 Å². The lowest BCUT2D eigenvalue weighted by atomic mass is 9.97. The number of aliphatic hydroxyl groups excluding tert-OH is 3. The fraction of sp³-hybridized carbons (Fsp3) is 0.455. The number of rotatable bonds is 2. The highest BCUT2D eigenvalue weighted by Crippen LogP contribution is 2.27. The van der Waals surface area contributed by atoms with Gasteiger partial charge in [-0.15, -0.1) is 0 Å². The van der Waals surface area contributed by atoms with Gasteiger partial charge in [0.25, 0.3) is 5.71 Å². The van der Waals surface area contributed by atoms with E-state index in [9.17, 15) is 15.0 Å². The fourth-order valence-electron chi connectivity index (χ4n) is 2.39. The van der Waals surface area contributed by atoms with Crippen LogP contribution in [-0.4, -0.2) is 69.6 Å². The van der Waals surface area contributed by atoms with Crippen molar-refractivity contribution in [3.8, 4) is 0 Å². The summed E-state index contributed by atoms with van der Waals surface area (Å²) in [7, 11) is 0. The van der Waals surface area contributed by atoms with Gasteiger partial charge in [0.1, 0.15) is 24.4 Å². The number of halogens is 1. The Bertz CT molecular complexity index is 599. The van der Waals surface area contributed by atoms with E-state index in [1.165, 1.54) is 6.20 Å². The number of ether oxygens (including phenoxy) is 1. The number of guanidine groups is 1. The smallest absolute Gasteiger partial charge is 0.347 e. The van der Waals surface area contributed by atoms with E-state index in [4.69, 9.17) is 15.6 Å². The lowest BCUT2D eigenvalue weighted by Crippen LogP contribution is -3.00. The monoisotopic (exact) mass is 408 g/mol. The molecule has 9 nitrogen and oxygen atoms in total. The topological polar surface area (TPSA) is 152 Å². The first-order valence-electron chi connectivity index (χ1n) is 5.97. The van der Waals surface area contributed by atoms with Gasteiger partial charge >= 0.3 is 5.91 Å². The molecule has 0 saturated carbocycles. The highest BCUT2D eigenvalue weighted by Gasteiger charge is 2.49. The number of amides is 1. The van der Waals surface area contributed by atoms with Crippen molar-refractivity contribution in [1.29, 1.82) is 0 Å².